The van der Waals surface area contributed by atoms with Gasteiger partial charge in [0.05, 0.1) is 25.5 Å². The van der Waals surface area contributed by atoms with Gasteiger partial charge in [0.15, 0.2) is 0 Å². The minimum absolute atomic E-state index is 0.143. The quantitative estimate of drug-likeness (QED) is 0.0614. The van der Waals surface area contributed by atoms with E-state index in [0.717, 1.165) is 4.90 Å². The first-order valence-electron chi connectivity index (χ1n) is 14.9. The van der Waals surface area contributed by atoms with Gasteiger partial charge in [0.25, 0.3) is 0 Å². The number of aliphatic hydroxyl groups excluding tert-OH is 1. The first kappa shape index (κ1) is 40.2. The Morgan fingerprint density at radius 3 is 1.79 bits per heavy atom. The van der Waals surface area contributed by atoms with Crippen LogP contribution in [0.3, 0.4) is 0 Å². The SMILES string of the molecule is CC[C@H](C)[C@H](N)C(=O)N[C@@H](CC(N)=O)C(=O)N[C@@H](CO)C(=O)N[C@@H](CC(N)=O)C(=O)N[C@@H](C)C(=O)N1CCC[C@H]1C(=O)NCC(=O)O. The Bertz CT molecular complexity index is 1210. The van der Waals surface area contributed by atoms with Crippen LogP contribution in [0.25, 0.3) is 0 Å². The van der Waals surface area contributed by atoms with Gasteiger partial charge in [-0.2, -0.15) is 0 Å². The summed E-state index contributed by atoms with van der Waals surface area (Å²) >= 11 is 0. The summed E-state index contributed by atoms with van der Waals surface area (Å²) in [4.78, 5) is 112. The van der Waals surface area contributed by atoms with Crippen LogP contribution in [-0.4, -0.2) is 124 Å². The number of carbonyl (C=O) groups is 9. The number of carbonyl (C=O) groups excluding carboxylic acids is 8. The molecule has 0 aromatic heterocycles. The lowest BCUT2D eigenvalue weighted by molar-refractivity contribution is -0.142. The van der Waals surface area contributed by atoms with E-state index >= 15 is 0 Å². The number of nitrogens with one attached hydrogen (secondary N) is 5. The highest BCUT2D eigenvalue weighted by molar-refractivity contribution is 5.99. The van der Waals surface area contributed by atoms with Crippen LogP contribution in [0.15, 0.2) is 0 Å². The molecule has 0 unspecified atom stereocenters. The van der Waals surface area contributed by atoms with Crippen molar-refractivity contribution < 1.29 is 53.4 Å². The van der Waals surface area contributed by atoms with E-state index in [9.17, 15) is 48.3 Å². The normalized spacial score (nSPS) is 17.9. The fourth-order valence-electron chi connectivity index (χ4n) is 4.55. The predicted octanol–water partition coefficient (Wildman–Crippen LogP) is -5.75. The molecule has 0 aliphatic carbocycles. The number of likely N-dealkylation sites (tertiary alicyclic amines) is 1. The van der Waals surface area contributed by atoms with Crippen molar-refractivity contribution in [3.05, 3.63) is 0 Å². The van der Waals surface area contributed by atoms with Gasteiger partial charge in [0.1, 0.15) is 36.8 Å². The zero-order valence-corrected chi connectivity index (χ0v) is 26.4. The highest BCUT2D eigenvalue weighted by atomic mass is 16.4. The molecule has 0 radical (unpaired) electrons. The maximum absolute atomic E-state index is 13.1. The molecule has 20 heteroatoms. The number of rotatable bonds is 19. The van der Waals surface area contributed by atoms with E-state index < -0.39 is 115 Å². The predicted molar refractivity (Wildman–Crippen MR) is 161 cm³/mol. The summed E-state index contributed by atoms with van der Waals surface area (Å²) < 4.78 is 0. The average Bonchev–Trinajstić information content (AvgIpc) is 3.49. The van der Waals surface area contributed by atoms with Crippen LogP contribution in [0.4, 0.5) is 0 Å². The summed E-state index contributed by atoms with van der Waals surface area (Å²) in [6.07, 6.45) is -0.224. The highest BCUT2D eigenvalue weighted by Gasteiger charge is 2.38. The number of nitrogens with two attached hydrogens (primary N) is 3. The molecule has 0 bridgehead atoms. The number of aliphatic carboxylic acids is 1. The Morgan fingerprint density at radius 1 is 0.809 bits per heavy atom. The summed E-state index contributed by atoms with van der Waals surface area (Å²) in [6.45, 7) is 3.23. The second kappa shape index (κ2) is 19.0. The number of amides is 8. The maximum atomic E-state index is 13.1. The van der Waals surface area contributed by atoms with Crippen molar-refractivity contribution in [2.75, 3.05) is 19.7 Å². The summed E-state index contributed by atoms with van der Waals surface area (Å²) in [6, 6.07) is -8.32. The van der Waals surface area contributed by atoms with Gasteiger partial charge in [0, 0.05) is 6.54 Å². The van der Waals surface area contributed by atoms with E-state index in [2.05, 4.69) is 26.6 Å². The molecule has 0 saturated carbocycles. The van der Waals surface area contributed by atoms with Gasteiger partial charge in [-0.15, -0.1) is 0 Å². The highest BCUT2D eigenvalue weighted by Crippen LogP contribution is 2.18. The molecule has 264 valence electrons. The molecule has 1 rings (SSSR count). The number of aliphatic hydroxyl groups is 1. The van der Waals surface area contributed by atoms with Gasteiger partial charge >= 0.3 is 5.97 Å². The molecule has 20 nitrogen and oxygen atoms in total. The molecule has 47 heavy (non-hydrogen) atoms. The van der Waals surface area contributed by atoms with Crippen LogP contribution in [0.1, 0.15) is 52.9 Å². The summed E-state index contributed by atoms with van der Waals surface area (Å²) in [7, 11) is 0. The smallest absolute Gasteiger partial charge is 0.322 e. The minimum atomic E-state index is -1.75. The van der Waals surface area contributed by atoms with E-state index in [1.807, 2.05) is 0 Å². The van der Waals surface area contributed by atoms with Crippen molar-refractivity contribution in [1.29, 1.82) is 0 Å². The number of carboxylic acids is 1. The van der Waals surface area contributed by atoms with Crippen molar-refractivity contribution in [1.82, 2.24) is 31.5 Å². The Hall–Kier alpha value is -4.85. The van der Waals surface area contributed by atoms with Crippen LogP contribution < -0.4 is 43.8 Å². The lowest BCUT2D eigenvalue weighted by Crippen LogP contribution is -2.60. The number of nitrogens with zero attached hydrogens (tertiary/aromatic N) is 1. The number of carboxylic acid groups (broad SMARTS) is 1. The summed E-state index contributed by atoms with van der Waals surface area (Å²) in [5, 5.41) is 29.7. The molecule has 0 spiro atoms. The fourth-order valence-corrected chi connectivity index (χ4v) is 4.55. The third kappa shape index (κ3) is 12.8. The molecule has 1 aliphatic rings. The molecule has 0 aromatic carbocycles. The van der Waals surface area contributed by atoms with Crippen LogP contribution in [-0.2, 0) is 43.2 Å². The van der Waals surface area contributed by atoms with E-state index in [4.69, 9.17) is 22.3 Å². The third-order valence-corrected chi connectivity index (χ3v) is 7.43. The molecular weight excluding hydrogens is 626 g/mol. The second-order valence-electron chi connectivity index (χ2n) is 11.1. The zero-order chi connectivity index (χ0) is 36.0. The van der Waals surface area contributed by atoms with Crippen molar-refractivity contribution >= 4 is 53.2 Å². The molecule has 1 heterocycles. The van der Waals surface area contributed by atoms with Gasteiger partial charge in [-0.1, -0.05) is 20.3 Å². The Morgan fingerprint density at radius 2 is 1.30 bits per heavy atom. The molecule has 1 fully saturated rings. The first-order chi connectivity index (χ1) is 21.9. The first-order valence-corrected chi connectivity index (χ1v) is 14.9. The number of primary amides is 2. The van der Waals surface area contributed by atoms with Crippen LogP contribution in [0.2, 0.25) is 0 Å². The maximum Gasteiger partial charge on any atom is 0.322 e. The van der Waals surface area contributed by atoms with Gasteiger partial charge < -0.3 is 58.9 Å². The lowest BCUT2D eigenvalue weighted by atomic mass is 9.99. The zero-order valence-electron chi connectivity index (χ0n) is 26.4. The van der Waals surface area contributed by atoms with Gasteiger partial charge in [-0.25, -0.2) is 0 Å². The van der Waals surface area contributed by atoms with Gasteiger partial charge in [-0.05, 0) is 25.7 Å². The fraction of sp³-hybridized carbons (Fsp3) is 0.667. The third-order valence-electron chi connectivity index (χ3n) is 7.43. The molecule has 8 amide bonds. The standard InChI is InChI=1S/C27H45N9O11/c1-4-12(2)21(30)26(46)34-15(9-19(29)39)23(43)35-16(11-37)24(44)33-14(8-18(28)38)22(42)32-13(3)27(47)36-7-5-6-17(36)25(45)31-10-20(40)41/h12-17,21,37H,4-11,30H2,1-3H3,(H2,28,38)(H2,29,39)(H,31,45)(H,32,42)(H,33,44)(H,34,46)(H,35,43)(H,40,41)/t12-,13-,14-,15-,16-,17-,21-/m0/s1. The van der Waals surface area contributed by atoms with Crippen molar-refractivity contribution in [3.8, 4) is 0 Å². The Balaban J connectivity index is 2.99. The molecular formula is C27H45N9O11. The molecule has 13 N–H and O–H groups in total. The average molecular weight is 672 g/mol. The lowest BCUT2D eigenvalue weighted by Gasteiger charge is -2.28. The van der Waals surface area contributed by atoms with Crippen molar-refractivity contribution in [2.45, 2.75) is 89.1 Å². The van der Waals surface area contributed by atoms with Gasteiger partial charge in [-0.3, -0.25) is 43.2 Å². The van der Waals surface area contributed by atoms with E-state index in [-0.39, 0.29) is 18.9 Å². The molecule has 7 atom stereocenters. The second-order valence-corrected chi connectivity index (χ2v) is 11.1. The van der Waals surface area contributed by atoms with Gasteiger partial charge in [0.2, 0.25) is 47.3 Å². The van der Waals surface area contributed by atoms with Crippen molar-refractivity contribution in [2.24, 2.45) is 23.1 Å². The van der Waals surface area contributed by atoms with Crippen molar-refractivity contribution in [3.63, 3.8) is 0 Å². The van der Waals surface area contributed by atoms with Crippen LogP contribution >= 0.6 is 0 Å². The van der Waals surface area contributed by atoms with Crippen LogP contribution in [0, 0.1) is 5.92 Å². The van der Waals surface area contributed by atoms with Crippen LogP contribution in [0.5, 0.6) is 0 Å². The molecule has 1 aliphatic heterocycles. The molecule has 1 saturated heterocycles. The Kier molecular flexibility index (Phi) is 16.2. The van der Waals surface area contributed by atoms with E-state index in [0.29, 0.717) is 12.8 Å². The summed E-state index contributed by atoms with van der Waals surface area (Å²) in [5.74, 6) is -9.05. The largest absolute Gasteiger partial charge is 0.480 e. The molecule has 0 aromatic rings. The topological polar surface area (TPSA) is 336 Å². The Labute approximate surface area is 270 Å². The van der Waals surface area contributed by atoms with E-state index in [1.165, 1.54) is 6.92 Å². The van der Waals surface area contributed by atoms with E-state index in [1.54, 1.807) is 13.8 Å². The monoisotopic (exact) mass is 671 g/mol. The summed E-state index contributed by atoms with van der Waals surface area (Å²) in [5.41, 5.74) is 16.3. The number of hydrogen-bond donors (Lipinski definition) is 10. The minimum Gasteiger partial charge on any atom is -0.480 e. The number of hydrogen-bond acceptors (Lipinski definition) is 11.